The van der Waals surface area contributed by atoms with Gasteiger partial charge in [0.25, 0.3) is 0 Å². The van der Waals surface area contributed by atoms with Crippen molar-refractivity contribution in [2.45, 2.75) is 6.42 Å². The first-order chi connectivity index (χ1) is 6.61. The van der Waals surface area contributed by atoms with Crippen LogP contribution in [0.25, 0.3) is 0 Å². The molecule has 0 saturated heterocycles. The monoisotopic (exact) mass is 212 g/mol. The fourth-order valence-corrected chi connectivity index (χ4v) is 1.55. The minimum atomic E-state index is -0.215. The fourth-order valence-electron chi connectivity index (χ4n) is 0.958. The molecule has 0 saturated carbocycles. The van der Waals surface area contributed by atoms with Crippen LogP contribution in [-0.4, -0.2) is 28.3 Å². The molecule has 0 unspecified atom stereocenters. The Morgan fingerprint density at radius 1 is 1.43 bits per heavy atom. The predicted molar refractivity (Wildman–Crippen MR) is 56.4 cm³/mol. The van der Waals surface area contributed by atoms with E-state index in [2.05, 4.69) is 4.98 Å². The van der Waals surface area contributed by atoms with Gasteiger partial charge in [0.05, 0.1) is 11.2 Å². The molecule has 0 aliphatic rings. The van der Waals surface area contributed by atoms with Gasteiger partial charge in [0, 0.05) is 18.3 Å². The normalized spacial score (nSPS) is 9.71. The first kappa shape index (κ1) is 10.5. The molecule has 14 heavy (non-hydrogen) atoms. The van der Waals surface area contributed by atoms with Crippen molar-refractivity contribution in [3.05, 3.63) is 16.6 Å². The van der Waals surface area contributed by atoms with E-state index in [1.165, 1.54) is 16.2 Å². The van der Waals surface area contributed by atoms with E-state index in [4.69, 9.17) is 22.3 Å². The van der Waals surface area contributed by atoms with Crippen LogP contribution in [-0.2, 0) is 6.42 Å². The molecule has 1 aromatic rings. The smallest absolute Gasteiger partial charge is 0.195 e. The molecule has 0 amide bonds. The molecule has 6 nitrogen and oxygen atoms in total. The van der Waals surface area contributed by atoms with Crippen LogP contribution in [0, 0.1) is 10.8 Å². The highest BCUT2D eigenvalue weighted by Crippen LogP contribution is 2.02. The Balaban J connectivity index is 2.49. The highest BCUT2D eigenvalue weighted by Gasteiger charge is 2.09. The van der Waals surface area contributed by atoms with E-state index in [9.17, 15) is 0 Å². The summed E-state index contributed by atoms with van der Waals surface area (Å²) in [4.78, 5) is 5.30. The van der Waals surface area contributed by atoms with Gasteiger partial charge in [-0.3, -0.25) is 15.7 Å². The van der Waals surface area contributed by atoms with Crippen LogP contribution in [0.15, 0.2) is 10.9 Å². The van der Waals surface area contributed by atoms with Crippen LogP contribution in [0.5, 0.6) is 0 Å². The van der Waals surface area contributed by atoms with Gasteiger partial charge in [-0.2, -0.15) is 0 Å². The molecule has 0 aromatic carbocycles. The SMILES string of the molecule is N=C(N)N(CCc1cscn1)C(=N)N. The zero-order chi connectivity index (χ0) is 10.6. The molecule has 1 heterocycles. The van der Waals surface area contributed by atoms with Crippen molar-refractivity contribution in [3.8, 4) is 0 Å². The lowest BCUT2D eigenvalue weighted by Crippen LogP contribution is -2.45. The predicted octanol–water partition coefficient (Wildman–Crippen LogP) is -0.225. The summed E-state index contributed by atoms with van der Waals surface area (Å²) in [6.45, 7) is 0.411. The highest BCUT2D eigenvalue weighted by molar-refractivity contribution is 7.07. The van der Waals surface area contributed by atoms with E-state index in [1.807, 2.05) is 5.38 Å². The van der Waals surface area contributed by atoms with Gasteiger partial charge in [-0.25, -0.2) is 4.98 Å². The van der Waals surface area contributed by atoms with Gasteiger partial charge >= 0.3 is 0 Å². The molecule has 76 valence electrons. The lowest BCUT2D eigenvalue weighted by Gasteiger charge is -2.19. The van der Waals surface area contributed by atoms with E-state index < -0.39 is 0 Å². The van der Waals surface area contributed by atoms with Crippen molar-refractivity contribution in [2.24, 2.45) is 11.5 Å². The lowest BCUT2D eigenvalue weighted by atomic mass is 10.3. The molecule has 1 aromatic heterocycles. The first-order valence-electron chi connectivity index (χ1n) is 3.94. The van der Waals surface area contributed by atoms with Crippen molar-refractivity contribution in [2.75, 3.05) is 6.54 Å². The Hall–Kier alpha value is -1.63. The van der Waals surface area contributed by atoms with Crippen LogP contribution < -0.4 is 11.5 Å². The number of rotatable bonds is 3. The van der Waals surface area contributed by atoms with Crippen molar-refractivity contribution in [1.29, 1.82) is 10.8 Å². The van der Waals surface area contributed by atoms with Crippen molar-refractivity contribution in [3.63, 3.8) is 0 Å². The minimum Gasteiger partial charge on any atom is -0.370 e. The third kappa shape index (κ3) is 2.70. The number of nitrogens with zero attached hydrogens (tertiary/aromatic N) is 2. The number of hydrogen-bond acceptors (Lipinski definition) is 4. The second-order valence-corrected chi connectivity index (χ2v) is 3.37. The third-order valence-electron chi connectivity index (χ3n) is 1.66. The van der Waals surface area contributed by atoms with Crippen LogP contribution in [0.2, 0.25) is 0 Å². The molecule has 6 N–H and O–H groups in total. The van der Waals surface area contributed by atoms with Gasteiger partial charge in [-0.15, -0.1) is 11.3 Å². The Morgan fingerprint density at radius 2 is 2.07 bits per heavy atom. The van der Waals surface area contributed by atoms with Crippen LogP contribution >= 0.6 is 11.3 Å². The van der Waals surface area contributed by atoms with Crippen molar-refractivity contribution < 1.29 is 0 Å². The van der Waals surface area contributed by atoms with E-state index in [0.717, 1.165) is 5.69 Å². The second-order valence-electron chi connectivity index (χ2n) is 2.65. The second kappa shape index (κ2) is 4.56. The van der Waals surface area contributed by atoms with E-state index >= 15 is 0 Å². The van der Waals surface area contributed by atoms with Gasteiger partial charge in [-0.1, -0.05) is 0 Å². The molecule has 0 aliphatic carbocycles. The topological polar surface area (TPSA) is 116 Å². The molecular formula is C7H12N6S. The Bertz CT molecular complexity index is 305. The van der Waals surface area contributed by atoms with E-state index in [1.54, 1.807) is 5.51 Å². The molecule has 0 radical (unpaired) electrons. The summed E-state index contributed by atoms with van der Waals surface area (Å²) in [5.74, 6) is -0.430. The minimum absolute atomic E-state index is 0.215. The van der Waals surface area contributed by atoms with Crippen LogP contribution in [0.3, 0.4) is 0 Å². The zero-order valence-corrected chi connectivity index (χ0v) is 8.34. The molecule has 0 spiro atoms. The number of hydrogen-bond donors (Lipinski definition) is 4. The number of aromatic nitrogens is 1. The third-order valence-corrected chi connectivity index (χ3v) is 2.29. The van der Waals surface area contributed by atoms with Gasteiger partial charge in [-0.05, 0) is 0 Å². The largest absolute Gasteiger partial charge is 0.370 e. The summed E-state index contributed by atoms with van der Waals surface area (Å²) >= 11 is 1.51. The maximum Gasteiger partial charge on any atom is 0.195 e. The molecule has 7 heteroatoms. The van der Waals surface area contributed by atoms with E-state index in [0.29, 0.717) is 13.0 Å². The molecule has 0 bridgehead atoms. The lowest BCUT2D eigenvalue weighted by molar-refractivity contribution is 0.581. The maximum atomic E-state index is 7.18. The summed E-state index contributed by atoms with van der Waals surface area (Å²) in [5.41, 5.74) is 13.2. The Morgan fingerprint density at radius 3 is 2.50 bits per heavy atom. The summed E-state index contributed by atoms with van der Waals surface area (Å²) in [5, 5.41) is 16.3. The van der Waals surface area contributed by atoms with Crippen LogP contribution in [0.1, 0.15) is 5.69 Å². The standard InChI is InChI=1S/C7H12N6S/c8-6(9)13(7(10)11)2-1-5-3-14-4-12-5/h3-4H,1-2H2,(H3,8,9)(H3,10,11). The van der Waals surface area contributed by atoms with Gasteiger partial charge in [0.15, 0.2) is 11.9 Å². The average Bonchev–Trinajstić information content (AvgIpc) is 2.55. The van der Waals surface area contributed by atoms with Gasteiger partial charge < -0.3 is 11.5 Å². The van der Waals surface area contributed by atoms with Gasteiger partial charge in [0.1, 0.15) is 0 Å². The number of thiazole rings is 1. The summed E-state index contributed by atoms with van der Waals surface area (Å²) in [6.07, 6.45) is 0.628. The summed E-state index contributed by atoms with van der Waals surface area (Å²) < 4.78 is 0. The first-order valence-corrected chi connectivity index (χ1v) is 4.88. The van der Waals surface area contributed by atoms with E-state index in [-0.39, 0.29) is 11.9 Å². The molecular weight excluding hydrogens is 200 g/mol. The summed E-state index contributed by atoms with van der Waals surface area (Å²) in [7, 11) is 0. The van der Waals surface area contributed by atoms with Gasteiger partial charge in [0.2, 0.25) is 0 Å². The number of nitrogens with one attached hydrogen (secondary N) is 2. The molecule has 0 atom stereocenters. The number of nitrogens with two attached hydrogens (primary N) is 2. The Labute approximate surface area is 85.6 Å². The summed E-state index contributed by atoms with van der Waals surface area (Å²) in [6, 6.07) is 0. The molecule has 0 aliphatic heterocycles. The molecule has 0 fully saturated rings. The number of guanidine groups is 2. The quantitative estimate of drug-likeness (QED) is 0.409. The fraction of sp³-hybridized carbons (Fsp3) is 0.286. The highest BCUT2D eigenvalue weighted by atomic mass is 32.1. The molecule has 1 rings (SSSR count). The average molecular weight is 212 g/mol. The Kier molecular flexibility index (Phi) is 3.41. The van der Waals surface area contributed by atoms with Crippen LogP contribution in [0.4, 0.5) is 0 Å². The van der Waals surface area contributed by atoms with Crippen molar-refractivity contribution in [1.82, 2.24) is 9.88 Å². The zero-order valence-electron chi connectivity index (χ0n) is 7.53. The maximum absolute atomic E-state index is 7.18. The van der Waals surface area contributed by atoms with Crippen molar-refractivity contribution >= 4 is 23.3 Å².